The SMILES string of the molecule is COc1cc(Br)cc(Nc2cccc(N)c2)c1. The fourth-order valence-corrected chi connectivity index (χ4v) is 2.01. The van der Waals surface area contributed by atoms with Crippen molar-refractivity contribution in [1.29, 1.82) is 0 Å². The third-order valence-corrected chi connectivity index (χ3v) is 2.74. The third-order valence-electron chi connectivity index (χ3n) is 2.28. The summed E-state index contributed by atoms with van der Waals surface area (Å²) in [6, 6.07) is 13.4. The van der Waals surface area contributed by atoms with Gasteiger partial charge in [-0.05, 0) is 30.3 Å². The highest BCUT2D eigenvalue weighted by Crippen LogP contribution is 2.27. The monoisotopic (exact) mass is 292 g/mol. The van der Waals surface area contributed by atoms with Crippen LogP contribution in [0.1, 0.15) is 0 Å². The molecular weight excluding hydrogens is 280 g/mol. The number of methoxy groups -OCH3 is 1. The first-order valence-corrected chi connectivity index (χ1v) is 5.94. The van der Waals surface area contributed by atoms with Crippen LogP contribution in [0.3, 0.4) is 0 Å². The van der Waals surface area contributed by atoms with Crippen molar-refractivity contribution in [2.45, 2.75) is 0 Å². The minimum absolute atomic E-state index is 0.733. The first kappa shape index (κ1) is 11.8. The lowest BCUT2D eigenvalue weighted by Crippen LogP contribution is -1.93. The van der Waals surface area contributed by atoms with Crippen molar-refractivity contribution in [3.05, 3.63) is 46.9 Å². The van der Waals surface area contributed by atoms with Crippen molar-refractivity contribution in [2.24, 2.45) is 0 Å². The molecule has 0 unspecified atom stereocenters. The molecule has 3 nitrogen and oxygen atoms in total. The Labute approximate surface area is 109 Å². The number of ether oxygens (including phenoxy) is 1. The predicted octanol–water partition coefficient (Wildman–Crippen LogP) is 3.78. The molecule has 2 aromatic carbocycles. The van der Waals surface area contributed by atoms with Gasteiger partial charge in [0.15, 0.2) is 0 Å². The van der Waals surface area contributed by atoms with E-state index in [1.54, 1.807) is 7.11 Å². The Kier molecular flexibility index (Phi) is 3.54. The number of benzene rings is 2. The van der Waals surface area contributed by atoms with E-state index in [4.69, 9.17) is 10.5 Å². The molecule has 0 fully saturated rings. The molecule has 0 aromatic heterocycles. The minimum Gasteiger partial charge on any atom is -0.497 e. The van der Waals surface area contributed by atoms with Gasteiger partial charge in [0.05, 0.1) is 7.11 Å². The summed E-state index contributed by atoms with van der Waals surface area (Å²) in [5.41, 5.74) is 8.35. The Morgan fingerprint density at radius 1 is 1.12 bits per heavy atom. The summed E-state index contributed by atoms with van der Waals surface area (Å²) in [6.07, 6.45) is 0. The number of nitrogens with one attached hydrogen (secondary N) is 1. The Balaban J connectivity index is 2.26. The van der Waals surface area contributed by atoms with Crippen LogP contribution in [0.2, 0.25) is 0 Å². The summed E-state index contributed by atoms with van der Waals surface area (Å²) in [4.78, 5) is 0. The van der Waals surface area contributed by atoms with E-state index in [0.29, 0.717) is 0 Å². The first-order valence-electron chi connectivity index (χ1n) is 5.14. The lowest BCUT2D eigenvalue weighted by Gasteiger charge is -2.09. The highest BCUT2D eigenvalue weighted by Gasteiger charge is 2.00. The van der Waals surface area contributed by atoms with Crippen LogP contribution in [-0.4, -0.2) is 7.11 Å². The molecular formula is C13H13BrN2O. The predicted molar refractivity (Wildman–Crippen MR) is 74.8 cm³/mol. The van der Waals surface area contributed by atoms with E-state index in [1.165, 1.54) is 0 Å². The van der Waals surface area contributed by atoms with Crippen molar-refractivity contribution in [3.63, 3.8) is 0 Å². The molecule has 0 atom stereocenters. The van der Waals surface area contributed by atoms with Crippen molar-refractivity contribution in [1.82, 2.24) is 0 Å². The Morgan fingerprint density at radius 3 is 2.65 bits per heavy atom. The normalized spacial score (nSPS) is 10.0. The maximum absolute atomic E-state index is 5.72. The molecule has 0 amide bonds. The quantitative estimate of drug-likeness (QED) is 0.847. The molecule has 2 aromatic rings. The van der Waals surface area contributed by atoms with Crippen LogP contribution in [-0.2, 0) is 0 Å². The molecule has 0 aliphatic carbocycles. The number of halogens is 1. The third kappa shape index (κ3) is 3.14. The molecule has 0 aliphatic heterocycles. The summed E-state index contributed by atoms with van der Waals surface area (Å²) in [5, 5.41) is 3.27. The maximum atomic E-state index is 5.72. The van der Waals surface area contributed by atoms with Gasteiger partial charge in [-0.2, -0.15) is 0 Å². The van der Waals surface area contributed by atoms with Crippen LogP contribution >= 0.6 is 15.9 Å². The van der Waals surface area contributed by atoms with Crippen LogP contribution in [0.4, 0.5) is 17.1 Å². The molecule has 2 rings (SSSR count). The average molecular weight is 293 g/mol. The van der Waals surface area contributed by atoms with Crippen molar-refractivity contribution in [3.8, 4) is 5.75 Å². The molecule has 0 saturated carbocycles. The van der Waals surface area contributed by atoms with Gasteiger partial charge in [0, 0.05) is 27.6 Å². The maximum Gasteiger partial charge on any atom is 0.122 e. The van der Waals surface area contributed by atoms with Gasteiger partial charge in [-0.3, -0.25) is 0 Å². The van der Waals surface area contributed by atoms with E-state index in [-0.39, 0.29) is 0 Å². The van der Waals surface area contributed by atoms with Crippen molar-refractivity contribution >= 4 is 33.0 Å². The molecule has 17 heavy (non-hydrogen) atoms. The van der Waals surface area contributed by atoms with Gasteiger partial charge in [-0.15, -0.1) is 0 Å². The number of nitrogen functional groups attached to an aromatic ring is 1. The second kappa shape index (κ2) is 5.10. The molecule has 0 radical (unpaired) electrons. The van der Waals surface area contributed by atoms with Gasteiger partial charge in [0.1, 0.15) is 5.75 Å². The van der Waals surface area contributed by atoms with Gasteiger partial charge >= 0.3 is 0 Å². The lowest BCUT2D eigenvalue weighted by molar-refractivity contribution is 0.415. The zero-order valence-corrected chi connectivity index (χ0v) is 11.0. The zero-order valence-electron chi connectivity index (χ0n) is 9.41. The summed E-state index contributed by atoms with van der Waals surface area (Å²) in [7, 11) is 1.64. The summed E-state index contributed by atoms with van der Waals surface area (Å²) in [6.45, 7) is 0. The van der Waals surface area contributed by atoms with Gasteiger partial charge in [-0.25, -0.2) is 0 Å². The Hall–Kier alpha value is -1.68. The Morgan fingerprint density at radius 2 is 1.94 bits per heavy atom. The number of anilines is 3. The molecule has 3 N–H and O–H groups in total. The van der Waals surface area contributed by atoms with E-state index in [2.05, 4.69) is 21.2 Å². The van der Waals surface area contributed by atoms with Gasteiger partial charge in [0.25, 0.3) is 0 Å². The first-order chi connectivity index (χ1) is 8.17. The molecule has 0 saturated heterocycles. The van der Waals surface area contributed by atoms with Crippen molar-refractivity contribution < 1.29 is 4.74 Å². The van der Waals surface area contributed by atoms with E-state index in [0.717, 1.165) is 27.3 Å². The molecule has 88 valence electrons. The molecule has 0 spiro atoms. The second-order valence-corrected chi connectivity index (χ2v) is 4.55. The number of rotatable bonds is 3. The highest BCUT2D eigenvalue weighted by molar-refractivity contribution is 9.10. The van der Waals surface area contributed by atoms with Gasteiger partial charge in [-0.1, -0.05) is 22.0 Å². The standard InChI is InChI=1S/C13H13BrN2O/c1-17-13-6-9(14)5-12(8-13)16-11-4-2-3-10(15)7-11/h2-8,16H,15H2,1H3. The molecule has 0 bridgehead atoms. The molecule has 4 heteroatoms. The van der Waals surface area contributed by atoms with Gasteiger partial charge in [0.2, 0.25) is 0 Å². The van der Waals surface area contributed by atoms with Gasteiger partial charge < -0.3 is 15.8 Å². The van der Waals surface area contributed by atoms with Crippen LogP contribution in [0.25, 0.3) is 0 Å². The smallest absolute Gasteiger partial charge is 0.122 e. The largest absolute Gasteiger partial charge is 0.497 e. The summed E-state index contributed by atoms with van der Waals surface area (Å²) >= 11 is 3.44. The van der Waals surface area contributed by atoms with Crippen LogP contribution < -0.4 is 15.8 Å². The summed E-state index contributed by atoms with van der Waals surface area (Å²) in [5.74, 6) is 0.797. The van der Waals surface area contributed by atoms with Crippen LogP contribution in [0.15, 0.2) is 46.9 Å². The molecule has 0 aliphatic rings. The zero-order chi connectivity index (χ0) is 12.3. The van der Waals surface area contributed by atoms with E-state index in [9.17, 15) is 0 Å². The Bertz CT molecular complexity index is 529. The number of hydrogen-bond acceptors (Lipinski definition) is 3. The van der Waals surface area contributed by atoms with Crippen molar-refractivity contribution in [2.75, 3.05) is 18.2 Å². The van der Waals surface area contributed by atoms with E-state index < -0.39 is 0 Å². The fraction of sp³-hybridized carbons (Fsp3) is 0.0769. The van der Waals surface area contributed by atoms with E-state index >= 15 is 0 Å². The van der Waals surface area contributed by atoms with E-state index in [1.807, 2.05) is 42.5 Å². The minimum atomic E-state index is 0.733. The topological polar surface area (TPSA) is 47.3 Å². The van der Waals surface area contributed by atoms with Crippen LogP contribution in [0.5, 0.6) is 5.75 Å². The fourth-order valence-electron chi connectivity index (χ4n) is 1.54. The molecule has 0 heterocycles. The second-order valence-electron chi connectivity index (χ2n) is 3.63. The summed E-state index contributed by atoms with van der Waals surface area (Å²) < 4.78 is 6.16. The number of nitrogens with two attached hydrogens (primary N) is 1. The lowest BCUT2D eigenvalue weighted by atomic mass is 10.2. The number of hydrogen-bond donors (Lipinski definition) is 2. The highest BCUT2D eigenvalue weighted by atomic mass is 79.9. The van der Waals surface area contributed by atoms with Crippen LogP contribution in [0, 0.1) is 0 Å². The average Bonchev–Trinajstić information content (AvgIpc) is 2.28.